The Labute approximate surface area is 92.5 Å². The van der Waals surface area contributed by atoms with E-state index in [1.807, 2.05) is 12.1 Å². The quantitative estimate of drug-likeness (QED) is 0.799. The van der Waals surface area contributed by atoms with Gasteiger partial charge in [0.25, 0.3) is 0 Å². The minimum atomic E-state index is 0.601. The number of hydrogen-bond donors (Lipinski definition) is 0. The highest BCUT2D eigenvalue weighted by atomic mass is 35.5. The van der Waals surface area contributed by atoms with E-state index in [2.05, 4.69) is 10.1 Å². The van der Waals surface area contributed by atoms with Crippen LogP contribution in [0.15, 0.2) is 30.9 Å². The number of benzene rings is 1. The Morgan fingerprint density at radius 3 is 3.00 bits per heavy atom. The molecule has 0 atom stereocenters. The summed E-state index contributed by atoms with van der Waals surface area (Å²) in [6, 6.07) is 5.50. The van der Waals surface area contributed by atoms with Crippen LogP contribution >= 0.6 is 11.6 Å². The second-order valence-electron chi connectivity index (χ2n) is 3.05. The lowest BCUT2D eigenvalue weighted by molar-refractivity contribution is 0.407. The number of ether oxygens (including phenoxy) is 1. The van der Waals surface area contributed by atoms with Crippen LogP contribution in [0.1, 0.15) is 5.56 Å². The van der Waals surface area contributed by atoms with Crippen LogP contribution in [0.3, 0.4) is 0 Å². The summed E-state index contributed by atoms with van der Waals surface area (Å²) in [5, 5.41) is 4.71. The smallest absolute Gasteiger partial charge is 0.137 e. The lowest BCUT2D eigenvalue weighted by Gasteiger charge is -2.08. The Kier molecular flexibility index (Phi) is 2.87. The highest BCUT2D eigenvalue weighted by Crippen LogP contribution is 2.22. The van der Waals surface area contributed by atoms with Crippen LogP contribution < -0.4 is 4.74 Å². The summed E-state index contributed by atoms with van der Waals surface area (Å²) >= 11 is 5.91. The minimum absolute atomic E-state index is 0.601. The van der Waals surface area contributed by atoms with E-state index in [0.29, 0.717) is 11.6 Å². The maximum absolute atomic E-state index is 5.91. The number of aromatic nitrogens is 3. The van der Waals surface area contributed by atoms with E-state index in [9.17, 15) is 0 Å². The first-order valence-electron chi connectivity index (χ1n) is 4.44. The van der Waals surface area contributed by atoms with Crippen LogP contribution in [0.25, 0.3) is 0 Å². The van der Waals surface area contributed by atoms with Crippen molar-refractivity contribution in [3.8, 4) is 5.75 Å². The van der Waals surface area contributed by atoms with E-state index >= 15 is 0 Å². The Morgan fingerprint density at radius 2 is 2.33 bits per heavy atom. The zero-order chi connectivity index (χ0) is 10.7. The number of nitrogens with zero attached hydrogens (tertiary/aromatic N) is 3. The molecule has 1 aromatic heterocycles. The Bertz CT molecular complexity index is 442. The molecule has 0 radical (unpaired) electrons. The fourth-order valence-corrected chi connectivity index (χ4v) is 1.55. The molecule has 0 aliphatic rings. The molecule has 0 aliphatic carbocycles. The van der Waals surface area contributed by atoms with Gasteiger partial charge in [0.1, 0.15) is 18.4 Å². The third kappa shape index (κ3) is 2.27. The average Bonchev–Trinajstić information content (AvgIpc) is 2.71. The Hall–Kier alpha value is -1.55. The van der Waals surface area contributed by atoms with Crippen LogP contribution in [-0.4, -0.2) is 21.9 Å². The highest BCUT2D eigenvalue weighted by molar-refractivity contribution is 6.30. The van der Waals surface area contributed by atoms with Crippen LogP contribution in [-0.2, 0) is 6.54 Å². The molecule has 1 heterocycles. The summed E-state index contributed by atoms with van der Waals surface area (Å²) in [6.45, 7) is 0.601. The molecule has 0 spiro atoms. The molecule has 0 amide bonds. The van der Waals surface area contributed by atoms with Crippen molar-refractivity contribution in [3.05, 3.63) is 41.4 Å². The third-order valence-electron chi connectivity index (χ3n) is 2.04. The first-order chi connectivity index (χ1) is 7.29. The van der Waals surface area contributed by atoms with Crippen LogP contribution in [0.2, 0.25) is 5.02 Å². The van der Waals surface area contributed by atoms with Gasteiger partial charge in [0, 0.05) is 10.6 Å². The van der Waals surface area contributed by atoms with Crippen molar-refractivity contribution in [2.45, 2.75) is 6.54 Å². The van der Waals surface area contributed by atoms with Gasteiger partial charge in [0.2, 0.25) is 0 Å². The largest absolute Gasteiger partial charge is 0.496 e. The highest BCUT2D eigenvalue weighted by Gasteiger charge is 2.04. The van der Waals surface area contributed by atoms with Gasteiger partial charge in [-0.1, -0.05) is 11.6 Å². The monoisotopic (exact) mass is 223 g/mol. The van der Waals surface area contributed by atoms with Gasteiger partial charge in [0.05, 0.1) is 13.7 Å². The van der Waals surface area contributed by atoms with Crippen molar-refractivity contribution in [1.82, 2.24) is 14.8 Å². The standard InChI is InChI=1S/C10H10ClN3O/c1-15-10-3-2-9(11)4-8(10)5-14-7-12-6-13-14/h2-4,6-7H,5H2,1H3. The van der Waals surface area contributed by atoms with Crippen molar-refractivity contribution in [2.75, 3.05) is 7.11 Å². The zero-order valence-electron chi connectivity index (χ0n) is 8.22. The second kappa shape index (κ2) is 4.31. The van der Waals surface area contributed by atoms with E-state index in [1.54, 1.807) is 24.2 Å². The van der Waals surface area contributed by atoms with Crippen molar-refractivity contribution in [2.24, 2.45) is 0 Å². The normalized spacial score (nSPS) is 10.3. The molecule has 0 aliphatic heterocycles. The fraction of sp³-hybridized carbons (Fsp3) is 0.200. The SMILES string of the molecule is COc1ccc(Cl)cc1Cn1cncn1. The van der Waals surface area contributed by atoms with E-state index in [1.165, 1.54) is 6.33 Å². The molecular weight excluding hydrogens is 214 g/mol. The van der Waals surface area contributed by atoms with Gasteiger partial charge in [-0.3, -0.25) is 0 Å². The first-order valence-corrected chi connectivity index (χ1v) is 4.82. The predicted molar refractivity (Wildman–Crippen MR) is 57.1 cm³/mol. The first kappa shape index (κ1) is 9.98. The van der Waals surface area contributed by atoms with E-state index < -0.39 is 0 Å². The molecule has 15 heavy (non-hydrogen) atoms. The Balaban J connectivity index is 2.30. The van der Waals surface area contributed by atoms with Gasteiger partial charge in [-0.25, -0.2) is 9.67 Å². The van der Waals surface area contributed by atoms with Crippen molar-refractivity contribution < 1.29 is 4.74 Å². The molecule has 0 N–H and O–H groups in total. The molecular formula is C10H10ClN3O. The van der Waals surface area contributed by atoms with Crippen molar-refractivity contribution in [3.63, 3.8) is 0 Å². The number of hydrogen-bond acceptors (Lipinski definition) is 3. The van der Waals surface area contributed by atoms with Gasteiger partial charge in [-0.2, -0.15) is 5.10 Å². The molecule has 78 valence electrons. The van der Waals surface area contributed by atoms with Gasteiger partial charge < -0.3 is 4.74 Å². The van der Waals surface area contributed by atoms with E-state index in [0.717, 1.165) is 11.3 Å². The number of methoxy groups -OCH3 is 1. The van der Waals surface area contributed by atoms with Crippen molar-refractivity contribution >= 4 is 11.6 Å². The lowest BCUT2D eigenvalue weighted by Crippen LogP contribution is -2.02. The molecule has 2 aromatic rings. The van der Waals surface area contributed by atoms with Gasteiger partial charge in [-0.15, -0.1) is 0 Å². The van der Waals surface area contributed by atoms with E-state index in [-0.39, 0.29) is 0 Å². The topological polar surface area (TPSA) is 39.9 Å². The molecule has 0 fully saturated rings. The predicted octanol–water partition coefficient (Wildman–Crippen LogP) is 1.99. The van der Waals surface area contributed by atoms with Gasteiger partial charge >= 0.3 is 0 Å². The molecule has 5 heteroatoms. The zero-order valence-corrected chi connectivity index (χ0v) is 8.98. The summed E-state index contributed by atoms with van der Waals surface area (Å²) in [7, 11) is 1.63. The van der Waals surface area contributed by atoms with E-state index in [4.69, 9.17) is 16.3 Å². The average molecular weight is 224 g/mol. The van der Waals surface area contributed by atoms with Gasteiger partial charge in [0.15, 0.2) is 0 Å². The van der Waals surface area contributed by atoms with Gasteiger partial charge in [-0.05, 0) is 18.2 Å². The maximum atomic E-state index is 5.91. The Morgan fingerprint density at radius 1 is 1.47 bits per heavy atom. The van der Waals surface area contributed by atoms with Crippen LogP contribution in [0, 0.1) is 0 Å². The van der Waals surface area contributed by atoms with Crippen molar-refractivity contribution in [1.29, 1.82) is 0 Å². The summed E-state index contributed by atoms with van der Waals surface area (Å²) in [6.07, 6.45) is 3.15. The summed E-state index contributed by atoms with van der Waals surface area (Å²) in [5.41, 5.74) is 0.982. The maximum Gasteiger partial charge on any atom is 0.137 e. The summed E-state index contributed by atoms with van der Waals surface area (Å²) < 4.78 is 6.95. The molecule has 4 nitrogen and oxygen atoms in total. The molecule has 0 saturated heterocycles. The number of rotatable bonds is 3. The third-order valence-corrected chi connectivity index (χ3v) is 2.28. The number of halogens is 1. The minimum Gasteiger partial charge on any atom is -0.496 e. The fourth-order valence-electron chi connectivity index (χ4n) is 1.36. The molecule has 1 aromatic carbocycles. The summed E-state index contributed by atoms with van der Waals surface area (Å²) in [4.78, 5) is 3.87. The molecule has 0 unspecified atom stereocenters. The van der Waals surface area contributed by atoms with Crippen LogP contribution in [0.4, 0.5) is 0 Å². The van der Waals surface area contributed by atoms with Crippen LogP contribution in [0.5, 0.6) is 5.75 Å². The summed E-state index contributed by atoms with van der Waals surface area (Å²) in [5.74, 6) is 0.801. The molecule has 0 saturated carbocycles. The molecule has 2 rings (SSSR count). The second-order valence-corrected chi connectivity index (χ2v) is 3.49. The molecule has 0 bridgehead atoms. The lowest BCUT2D eigenvalue weighted by atomic mass is 10.2.